The maximum atomic E-state index is 8.67. The van der Waals surface area contributed by atoms with Crippen molar-refractivity contribution in [2.75, 3.05) is 0 Å². The molecule has 0 atom stereocenters. The first-order valence-corrected chi connectivity index (χ1v) is 14.7. The van der Waals surface area contributed by atoms with E-state index in [0.29, 0.717) is 6.04 Å². The normalized spacial score (nSPS) is 12.2. The van der Waals surface area contributed by atoms with Crippen molar-refractivity contribution in [2.24, 2.45) is 0 Å². The quantitative estimate of drug-likeness (QED) is 0.200. The van der Waals surface area contributed by atoms with E-state index in [0.717, 1.165) is 55.3 Å². The van der Waals surface area contributed by atoms with Crippen molar-refractivity contribution in [2.45, 2.75) is 0 Å². The molecule has 0 saturated carbocycles. The molecule has 0 aliphatic carbocycles. The van der Waals surface area contributed by atoms with E-state index in [2.05, 4.69) is 127 Å². The van der Waals surface area contributed by atoms with Gasteiger partial charge in [-0.3, -0.25) is 0 Å². The topological polar surface area (TPSA) is 9.23 Å². The molecule has 1 aliphatic heterocycles. The van der Waals surface area contributed by atoms with Gasteiger partial charge >= 0.3 is 0 Å². The van der Waals surface area contributed by atoms with Gasteiger partial charge in [-0.05, 0) is 90.1 Å². The van der Waals surface area contributed by atoms with E-state index in [1.54, 1.807) is 0 Å². The molecule has 9 rings (SSSR count). The largest absolute Gasteiger partial charge is 0.456 e. The van der Waals surface area contributed by atoms with Gasteiger partial charge in [0.15, 0.2) is 0 Å². The van der Waals surface area contributed by atoms with Crippen LogP contribution in [-0.4, -0.2) is 0 Å². The van der Waals surface area contributed by atoms with Crippen LogP contribution in [0.3, 0.4) is 0 Å². The lowest BCUT2D eigenvalue weighted by Gasteiger charge is -2.24. The predicted octanol–water partition coefficient (Wildman–Crippen LogP) is 11.9. The van der Waals surface area contributed by atoms with Crippen molar-refractivity contribution >= 4 is 32.3 Å². The Labute approximate surface area is 251 Å². The van der Waals surface area contributed by atoms with E-state index in [-0.39, 0.29) is 0 Å². The number of rotatable bonds is 3. The summed E-state index contributed by atoms with van der Waals surface area (Å²) in [5.41, 5.74) is 9.32. The number of hydrogen-bond acceptors (Lipinski definition) is 1. The van der Waals surface area contributed by atoms with E-state index in [1.807, 2.05) is 24.3 Å². The monoisotopic (exact) mass is 547 g/mol. The van der Waals surface area contributed by atoms with Crippen LogP contribution in [0, 0.1) is 0 Å². The van der Waals surface area contributed by atoms with Gasteiger partial charge in [-0.15, -0.1) is 0 Å². The summed E-state index contributed by atoms with van der Waals surface area (Å²) < 4.78 is 15.1. The van der Waals surface area contributed by atoms with Gasteiger partial charge in [0.25, 0.3) is 0 Å². The molecule has 0 unspecified atom stereocenters. The molecule has 0 radical (unpaired) electrons. The number of hydrogen-bond donors (Lipinski definition) is 0. The fourth-order valence-electron chi connectivity index (χ4n) is 6.95. The second-order valence-electron chi connectivity index (χ2n) is 11.2. The standard InChI is InChI=1S/C42H26O/c1-2-12-27(13-3-1)28-14-10-15-29(26-28)40-32-17-4-6-19-34(32)41(35-20-7-5-18-33(35)40)37-24-25-39-42-31(21-11-22-36(37)42)30-16-8-9-23-38(30)43-39/h1-26H/i4D. The highest BCUT2D eigenvalue weighted by atomic mass is 16.5. The molecule has 1 heterocycles. The van der Waals surface area contributed by atoms with Crippen LogP contribution in [0.15, 0.2) is 158 Å². The van der Waals surface area contributed by atoms with Crippen LogP contribution in [0.1, 0.15) is 1.37 Å². The Morgan fingerprint density at radius 2 is 1.00 bits per heavy atom. The van der Waals surface area contributed by atoms with Gasteiger partial charge in [0.05, 0.1) is 1.37 Å². The summed E-state index contributed by atoms with van der Waals surface area (Å²) >= 11 is 0. The summed E-state index contributed by atoms with van der Waals surface area (Å²) in [5.74, 6) is 1.77. The van der Waals surface area contributed by atoms with Crippen molar-refractivity contribution in [3.05, 3.63) is 158 Å². The Morgan fingerprint density at radius 3 is 1.88 bits per heavy atom. The van der Waals surface area contributed by atoms with Crippen LogP contribution in [-0.2, 0) is 0 Å². The van der Waals surface area contributed by atoms with Crippen LogP contribution >= 0.6 is 0 Å². The van der Waals surface area contributed by atoms with E-state index in [1.165, 1.54) is 33.0 Å². The second kappa shape index (κ2) is 9.44. The smallest absolute Gasteiger partial charge is 0.135 e. The third kappa shape index (κ3) is 3.65. The zero-order chi connectivity index (χ0) is 29.2. The molecule has 0 bridgehead atoms. The molecule has 8 aromatic rings. The van der Waals surface area contributed by atoms with Gasteiger partial charge in [-0.2, -0.15) is 0 Å². The maximum Gasteiger partial charge on any atom is 0.135 e. The summed E-state index contributed by atoms with van der Waals surface area (Å²) in [7, 11) is 0. The van der Waals surface area contributed by atoms with Gasteiger partial charge in [-0.25, -0.2) is 0 Å². The van der Waals surface area contributed by atoms with Crippen LogP contribution in [0.4, 0.5) is 0 Å². The first-order chi connectivity index (χ1) is 21.7. The number of ether oxygens (including phenoxy) is 1. The Kier molecular flexibility index (Phi) is 5.04. The van der Waals surface area contributed by atoms with E-state index in [4.69, 9.17) is 6.11 Å². The summed E-state index contributed by atoms with van der Waals surface area (Å²) in [5, 5.41) is 6.88. The van der Waals surface area contributed by atoms with Crippen molar-refractivity contribution < 1.29 is 6.11 Å². The molecule has 0 spiro atoms. The fraction of sp³-hybridized carbons (Fsp3) is 0. The molecule has 0 N–H and O–H groups in total. The van der Waals surface area contributed by atoms with E-state index < -0.39 is 0 Å². The minimum absolute atomic E-state index is 0.501. The molecule has 0 aromatic heterocycles. The molecule has 43 heavy (non-hydrogen) atoms. The zero-order valence-corrected chi connectivity index (χ0v) is 23.3. The van der Waals surface area contributed by atoms with Gasteiger partial charge in [-0.1, -0.05) is 133 Å². The van der Waals surface area contributed by atoms with Crippen LogP contribution in [0.2, 0.25) is 0 Å². The number of para-hydroxylation sites is 1. The second-order valence-corrected chi connectivity index (χ2v) is 11.2. The van der Waals surface area contributed by atoms with Gasteiger partial charge < -0.3 is 4.74 Å². The highest BCUT2D eigenvalue weighted by Gasteiger charge is 2.23. The minimum Gasteiger partial charge on any atom is -0.456 e. The molecular formula is C42H26O. The van der Waals surface area contributed by atoms with Crippen LogP contribution in [0.5, 0.6) is 11.5 Å². The Hall–Kier alpha value is -5.66. The van der Waals surface area contributed by atoms with E-state index in [9.17, 15) is 0 Å². The van der Waals surface area contributed by atoms with Crippen molar-refractivity contribution in [3.8, 4) is 56.0 Å². The summed E-state index contributed by atoms with van der Waals surface area (Å²) in [6.45, 7) is 0. The first-order valence-electron chi connectivity index (χ1n) is 15.2. The Morgan fingerprint density at radius 1 is 0.372 bits per heavy atom. The van der Waals surface area contributed by atoms with Gasteiger partial charge in [0.1, 0.15) is 11.5 Å². The Balaban J connectivity index is 1.38. The molecule has 1 heteroatoms. The molecular weight excluding hydrogens is 520 g/mol. The number of benzene rings is 8. The van der Waals surface area contributed by atoms with Gasteiger partial charge in [0, 0.05) is 10.9 Å². The lowest BCUT2D eigenvalue weighted by atomic mass is 9.83. The molecule has 0 fully saturated rings. The molecule has 1 nitrogen and oxygen atoms in total. The van der Waals surface area contributed by atoms with Crippen LogP contribution < -0.4 is 4.74 Å². The average Bonchev–Trinajstić information content (AvgIpc) is 3.08. The molecule has 8 aromatic carbocycles. The molecule has 200 valence electrons. The van der Waals surface area contributed by atoms with Crippen molar-refractivity contribution in [1.82, 2.24) is 0 Å². The fourth-order valence-corrected chi connectivity index (χ4v) is 6.95. The molecule has 0 saturated heterocycles. The molecule has 0 amide bonds. The SMILES string of the molecule is [2H]c1ccc2c(-c3ccc4c5c(cccc35)-c3ccccc3O4)c3ccccc3c(-c3cccc(-c4ccccc4)c3)c2c1. The number of fused-ring (bicyclic) bond motifs is 4. The zero-order valence-electron chi connectivity index (χ0n) is 24.3. The summed E-state index contributed by atoms with van der Waals surface area (Å²) in [4.78, 5) is 0. The third-order valence-electron chi connectivity index (χ3n) is 8.80. The lowest BCUT2D eigenvalue weighted by molar-refractivity contribution is 0.487. The van der Waals surface area contributed by atoms with E-state index >= 15 is 0 Å². The minimum atomic E-state index is 0.501. The third-order valence-corrected chi connectivity index (χ3v) is 8.80. The highest BCUT2D eigenvalue weighted by molar-refractivity contribution is 6.24. The lowest BCUT2D eigenvalue weighted by Crippen LogP contribution is -1.98. The summed E-state index contributed by atoms with van der Waals surface area (Å²) in [6, 6.07) is 53.8. The first kappa shape index (κ1) is 23.0. The predicted molar refractivity (Wildman–Crippen MR) is 181 cm³/mol. The van der Waals surface area contributed by atoms with Crippen molar-refractivity contribution in [3.63, 3.8) is 0 Å². The Bertz CT molecular complexity index is 2420. The maximum absolute atomic E-state index is 8.67. The molecule has 1 aliphatic rings. The van der Waals surface area contributed by atoms with Crippen molar-refractivity contribution in [1.29, 1.82) is 0 Å². The van der Waals surface area contributed by atoms with Crippen LogP contribution in [0.25, 0.3) is 76.8 Å². The van der Waals surface area contributed by atoms with Gasteiger partial charge in [0.2, 0.25) is 0 Å². The summed E-state index contributed by atoms with van der Waals surface area (Å²) in [6.07, 6.45) is 0. The highest BCUT2D eigenvalue weighted by Crippen LogP contribution is 2.51. The average molecular weight is 548 g/mol.